The number of aromatic nitrogens is 3. The number of nitrogens with one attached hydrogen (secondary N) is 1. The van der Waals surface area contributed by atoms with Gasteiger partial charge in [-0.3, -0.25) is 4.79 Å². The van der Waals surface area contributed by atoms with Crippen LogP contribution in [0.25, 0.3) is 23.0 Å². The van der Waals surface area contributed by atoms with Crippen LogP contribution in [-0.2, 0) is 17.9 Å². The van der Waals surface area contributed by atoms with Crippen LogP contribution in [0.15, 0.2) is 71.4 Å². The van der Waals surface area contributed by atoms with Gasteiger partial charge in [0.2, 0.25) is 11.7 Å². The van der Waals surface area contributed by atoms with E-state index in [1.165, 1.54) is 0 Å². The number of methoxy groups -OCH3 is 1. The molecule has 0 fully saturated rings. The summed E-state index contributed by atoms with van der Waals surface area (Å²) in [4.78, 5) is 16.9. The lowest BCUT2D eigenvalue weighted by Crippen LogP contribution is -2.27. The monoisotopic (exact) mass is 422 g/mol. The number of hydrogen-bond donors (Lipinski definition) is 1. The lowest BCUT2D eigenvalue weighted by Gasteiger charge is -2.09. The minimum Gasteiger partial charge on any atom is -0.497 e. The van der Waals surface area contributed by atoms with Crippen molar-refractivity contribution in [2.45, 2.75) is 13.1 Å². The minimum absolute atomic E-state index is 0.130. The first-order chi connectivity index (χ1) is 14.6. The Morgan fingerprint density at radius 2 is 2.00 bits per heavy atom. The number of benzene rings is 2. The summed E-state index contributed by atoms with van der Waals surface area (Å²) >= 11 is 5.92. The molecule has 0 aliphatic heterocycles. The molecule has 0 aliphatic carbocycles. The summed E-state index contributed by atoms with van der Waals surface area (Å²) in [5.41, 5.74) is 2.42. The maximum atomic E-state index is 12.4. The highest BCUT2D eigenvalue weighted by atomic mass is 35.5. The van der Waals surface area contributed by atoms with E-state index in [-0.39, 0.29) is 12.5 Å². The zero-order chi connectivity index (χ0) is 20.9. The van der Waals surface area contributed by atoms with Crippen LogP contribution in [0.5, 0.6) is 5.75 Å². The van der Waals surface area contributed by atoms with Crippen LogP contribution in [0.4, 0.5) is 0 Å². The number of hydrogen-bond acceptors (Lipinski definition) is 5. The summed E-state index contributed by atoms with van der Waals surface area (Å²) in [5, 5.41) is 7.57. The normalized spacial score (nSPS) is 10.7. The van der Waals surface area contributed by atoms with Crippen molar-refractivity contribution < 1.29 is 14.1 Å². The minimum atomic E-state index is -0.132. The Hall–Kier alpha value is -3.58. The van der Waals surface area contributed by atoms with Crippen molar-refractivity contribution in [3.05, 3.63) is 77.4 Å². The summed E-state index contributed by atoms with van der Waals surface area (Å²) in [6.45, 7) is 0.541. The Balaban J connectivity index is 1.43. The lowest BCUT2D eigenvalue weighted by atomic mass is 10.2. The van der Waals surface area contributed by atoms with Gasteiger partial charge in [-0.2, -0.15) is 4.98 Å². The number of amides is 1. The molecule has 0 radical (unpaired) electrons. The molecule has 0 unspecified atom stereocenters. The second-order valence-corrected chi connectivity index (χ2v) is 7.02. The molecular weight excluding hydrogens is 404 g/mol. The van der Waals surface area contributed by atoms with Gasteiger partial charge in [0.1, 0.15) is 18.0 Å². The quantitative estimate of drug-likeness (QED) is 0.483. The smallest absolute Gasteiger partial charge is 0.274 e. The van der Waals surface area contributed by atoms with E-state index in [4.69, 9.17) is 20.9 Å². The lowest BCUT2D eigenvalue weighted by molar-refractivity contribution is -0.121. The molecule has 2 aromatic carbocycles. The molecule has 0 saturated carbocycles. The van der Waals surface area contributed by atoms with Gasteiger partial charge >= 0.3 is 0 Å². The molecule has 1 N–H and O–H groups in total. The number of rotatable bonds is 7. The maximum Gasteiger partial charge on any atom is 0.274 e. The van der Waals surface area contributed by atoms with E-state index in [1.807, 2.05) is 48.5 Å². The third kappa shape index (κ3) is 4.52. The van der Waals surface area contributed by atoms with Crippen molar-refractivity contribution in [3.8, 4) is 28.7 Å². The van der Waals surface area contributed by atoms with Crippen molar-refractivity contribution >= 4 is 17.5 Å². The first-order valence-corrected chi connectivity index (χ1v) is 9.65. The second kappa shape index (κ2) is 8.84. The maximum absolute atomic E-state index is 12.4. The van der Waals surface area contributed by atoms with Crippen LogP contribution >= 0.6 is 11.6 Å². The number of carbonyl (C=O) groups excluding carboxylic acids is 1. The van der Waals surface area contributed by atoms with Gasteiger partial charge in [-0.15, -0.1) is 0 Å². The van der Waals surface area contributed by atoms with Gasteiger partial charge < -0.3 is 19.1 Å². The molecule has 30 heavy (non-hydrogen) atoms. The Kier molecular flexibility index (Phi) is 5.81. The average molecular weight is 423 g/mol. The summed E-state index contributed by atoms with van der Waals surface area (Å²) in [5.74, 6) is 1.41. The molecule has 8 heteroatoms. The van der Waals surface area contributed by atoms with E-state index >= 15 is 0 Å². The van der Waals surface area contributed by atoms with E-state index in [1.54, 1.807) is 30.0 Å². The van der Waals surface area contributed by atoms with Crippen LogP contribution < -0.4 is 10.1 Å². The van der Waals surface area contributed by atoms with E-state index in [2.05, 4.69) is 15.5 Å². The first-order valence-electron chi connectivity index (χ1n) is 9.27. The number of nitrogens with zero attached hydrogens (tertiary/aromatic N) is 3. The Morgan fingerprint density at radius 1 is 1.17 bits per heavy atom. The molecule has 4 aromatic rings. The largest absolute Gasteiger partial charge is 0.497 e. The van der Waals surface area contributed by atoms with Crippen molar-refractivity contribution in [2.24, 2.45) is 0 Å². The Labute approximate surface area is 178 Å². The third-order valence-corrected chi connectivity index (χ3v) is 4.77. The fraction of sp³-hybridized carbons (Fsp3) is 0.136. The van der Waals surface area contributed by atoms with E-state index < -0.39 is 0 Å². The summed E-state index contributed by atoms with van der Waals surface area (Å²) in [6, 6.07) is 18.4. The molecule has 0 aliphatic rings. The van der Waals surface area contributed by atoms with Gasteiger partial charge in [-0.1, -0.05) is 28.9 Å². The highest BCUT2D eigenvalue weighted by molar-refractivity contribution is 6.30. The summed E-state index contributed by atoms with van der Waals surface area (Å²) in [6.07, 6.45) is 1.80. The highest BCUT2D eigenvalue weighted by Crippen LogP contribution is 2.24. The van der Waals surface area contributed by atoms with Crippen LogP contribution in [-0.4, -0.2) is 27.7 Å². The molecule has 0 bridgehead atoms. The topological polar surface area (TPSA) is 82.2 Å². The SMILES string of the molecule is COc1cccc(CNC(=O)Cn2cccc2-c2nc(-c3ccc(Cl)cc3)no2)c1. The van der Waals surface area contributed by atoms with Crippen molar-refractivity contribution in [1.82, 2.24) is 20.0 Å². The van der Waals surface area contributed by atoms with E-state index in [9.17, 15) is 4.79 Å². The molecule has 152 valence electrons. The third-order valence-electron chi connectivity index (χ3n) is 4.51. The number of ether oxygens (including phenoxy) is 1. The molecule has 2 aromatic heterocycles. The second-order valence-electron chi connectivity index (χ2n) is 6.58. The first kappa shape index (κ1) is 19.7. The number of halogens is 1. The summed E-state index contributed by atoms with van der Waals surface area (Å²) < 4.78 is 12.4. The van der Waals surface area contributed by atoms with Crippen molar-refractivity contribution in [1.29, 1.82) is 0 Å². The molecule has 0 saturated heterocycles. The standard InChI is InChI=1S/C22H19ClN4O3/c1-29-18-5-2-4-15(12-18)13-24-20(28)14-27-11-3-6-19(27)22-25-21(26-30-22)16-7-9-17(23)10-8-16/h2-12H,13-14H2,1H3,(H,24,28). The van der Waals surface area contributed by atoms with Gasteiger partial charge in [0.15, 0.2) is 0 Å². The predicted molar refractivity (Wildman–Crippen MR) is 113 cm³/mol. The van der Waals surface area contributed by atoms with E-state index in [0.29, 0.717) is 29.0 Å². The number of carbonyl (C=O) groups is 1. The van der Waals surface area contributed by atoms with Crippen LogP contribution in [0, 0.1) is 0 Å². The van der Waals surface area contributed by atoms with Crippen LogP contribution in [0.2, 0.25) is 5.02 Å². The molecule has 2 heterocycles. The fourth-order valence-electron chi connectivity index (χ4n) is 2.98. The molecule has 0 atom stereocenters. The zero-order valence-electron chi connectivity index (χ0n) is 16.2. The molecule has 1 amide bonds. The van der Waals surface area contributed by atoms with Crippen molar-refractivity contribution in [3.63, 3.8) is 0 Å². The molecular formula is C22H19ClN4O3. The molecule has 7 nitrogen and oxygen atoms in total. The molecule has 0 spiro atoms. The highest BCUT2D eigenvalue weighted by Gasteiger charge is 2.15. The van der Waals surface area contributed by atoms with E-state index in [0.717, 1.165) is 16.9 Å². The fourth-order valence-corrected chi connectivity index (χ4v) is 3.11. The van der Waals surface area contributed by atoms with Gasteiger partial charge in [0.25, 0.3) is 5.89 Å². The zero-order valence-corrected chi connectivity index (χ0v) is 17.0. The Morgan fingerprint density at radius 3 is 2.80 bits per heavy atom. The average Bonchev–Trinajstić information content (AvgIpc) is 3.42. The van der Waals surface area contributed by atoms with Gasteiger partial charge in [-0.05, 0) is 54.1 Å². The van der Waals surface area contributed by atoms with Crippen LogP contribution in [0.3, 0.4) is 0 Å². The molecule has 4 rings (SSSR count). The van der Waals surface area contributed by atoms with Gasteiger partial charge in [0, 0.05) is 23.3 Å². The summed E-state index contributed by atoms with van der Waals surface area (Å²) in [7, 11) is 1.61. The van der Waals surface area contributed by atoms with Gasteiger partial charge in [0.05, 0.1) is 7.11 Å². The van der Waals surface area contributed by atoms with Crippen LogP contribution in [0.1, 0.15) is 5.56 Å². The predicted octanol–water partition coefficient (Wildman–Crippen LogP) is 4.18. The Bertz CT molecular complexity index is 1150. The van der Waals surface area contributed by atoms with Crippen molar-refractivity contribution in [2.75, 3.05) is 7.11 Å². The van der Waals surface area contributed by atoms with Gasteiger partial charge in [-0.25, -0.2) is 0 Å².